The first-order valence-corrected chi connectivity index (χ1v) is 7.10. The van der Waals surface area contributed by atoms with E-state index in [9.17, 15) is 14.9 Å². The lowest BCUT2D eigenvalue weighted by atomic mass is 10.1. The van der Waals surface area contributed by atoms with Crippen LogP contribution in [0.2, 0.25) is 0 Å². The molecule has 1 amide bonds. The Bertz CT molecular complexity index is 509. The van der Waals surface area contributed by atoms with Crippen LogP contribution < -0.4 is 10.2 Å². The Morgan fingerprint density at radius 1 is 1.33 bits per heavy atom. The summed E-state index contributed by atoms with van der Waals surface area (Å²) in [7, 11) is 0. The highest BCUT2D eigenvalue weighted by Crippen LogP contribution is 2.16. The molecular weight excluding hydrogens is 270 g/mol. The molecule has 0 bridgehead atoms. The molecule has 2 N–H and O–H groups in total. The molecule has 0 aliphatic heterocycles. The van der Waals surface area contributed by atoms with Gasteiger partial charge in [0.15, 0.2) is 6.54 Å². The highest BCUT2D eigenvalue weighted by atomic mass is 16.6. The smallest absolute Gasteiger partial charge is 0.278 e. The van der Waals surface area contributed by atoms with Gasteiger partial charge in [0.05, 0.1) is 17.0 Å². The van der Waals surface area contributed by atoms with Gasteiger partial charge in [-0.25, -0.2) is 0 Å². The number of hydrogen-bond donors (Lipinski definition) is 2. The molecule has 0 radical (unpaired) electrons. The number of likely N-dealkylation sites (N-methyl/N-ethyl adjacent to an activating group) is 1. The molecule has 0 aliphatic rings. The van der Waals surface area contributed by atoms with Gasteiger partial charge in [-0.1, -0.05) is 12.1 Å². The monoisotopic (exact) mass is 294 g/mol. The van der Waals surface area contributed by atoms with Crippen molar-refractivity contribution >= 4 is 11.6 Å². The molecule has 0 heterocycles. The van der Waals surface area contributed by atoms with E-state index in [1.807, 2.05) is 27.7 Å². The van der Waals surface area contributed by atoms with Gasteiger partial charge in [-0.05, 0) is 33.8 Å². The van der Waals surface area contributed by atoms with Crippen molar-refractivity contribution in [3.05, 3.63) is 39.9 Å². The largest absolute Gasteiger partial charge is 0.347 e. The van der Waals surface area contributed by atoms with E-state index in [0.29, 0.717) is 18.7 Å². The number of hydrogen-bond acceptors (Lipinski definition) is 3. The number of nitrogens with zero attached hydrogens (tertiary/aromatic N) is 1. The number of rotatable bonds is 6. The van der Waals surface area contributed by atoms with Gasteiger partial charge in [0.1, 0.15) is 6.54 Å². The molecule has 1 unspecified atom stereocenters. The molecule has 0 spiro atoms. The molecule has 116 valence electrons. The van der Waals surface area contributed by atoms with Crippen molar-refractivity contribution in [2.75, 3.05) is 13.1 Å². The standard InChI is InChI=1S/C15H23N3O3/c1-5-17(11-14(19)16-15(2,3)4)10-12-8-6-7-9-13(12)18(20)21/h6-9H,5,10-11H2,1-4H3,(H,16,19)/p+1. The molecule has 0 fully saturated rings. The fourth-order valence-corrected chi connectivity index (χ4v) is 2.11. The van der Waals surface area contributed by atoms with Crippen molar-refractivity contribution in [3.63, 3.8) is 0 Å². The first-order valence-electron chi connectivity index (χ1n) is 7.10. The predicted molar refractivity (Wildman–Crippen MR) is 81.1 cm³/mol. The minimum Gasteiger partial charge on any atom is -0.347 e. The fraction of sp³-hybridized carbons (Fsp3) is 0.533. The van der Waals surface area contributed by atoms with Crippen molar-refractivity contribution in [2.24, 2.45) is 0 Å². The molecule has 6 heteroatoms. The second-order valence-corrected chi connectivity index (χ2v) is 6.14. The maximum absolute atomic E-state index is 12.0. The van der Waals surface area contributed by atoms with E-state index >= 15 is 0 Å². The molecule has 21 heavy (non-hydrogen) atoms. The quantitative estimate of drug-likeness (QED) is 0.605. The van der Waals surface area contributed by atoms with Crippen LogP contribution in [0.5, 0.6) is 0 Å². The molecule has 1 rings (SSSR count). The average Bonchev–Trinajstić information content (AvgIpc) is 2.36. The Morgan fingerprint density at radius 3 is 2.48 bits per heavy atom. The predicted octanol–water partition coefficient (Wildman–Crippen LogP) is 0.914. The van der Waals surface area contributed by atoms with Gasteiger partial charge in [-0.2, -0.15) is 0 Å². The summed E-state index contributed by atoms with van der Waals surface area (Å²) in [4.78, 5) is 23.6. The van der Waals surface area contributed by atoms with Crippen LogP contribution in [0.4, 0.5) is 5.69 Å². The van der Waals surface area contributed by atoms with E-state index in [0.717, 1.165) is 11.4 Å². The normalized spacial score (nSPS) is 12.8. The zero-order valence-corrected chi connectivity index (χ0v) is 13.1. The number of nitro groups is 1. The van der Waals surface area contributed by atoms with Crippen LogP contribution >= 0.6 is 0 Å². The summed E-state index contributed by atoms with van der Waals surface area (Å²) in [5.41, 5.74) is 0.497. The number of quaternary nitrogens is 1. The van der Waals surface area contributed by atoms with E-state index in [-0.39, 0.29) is 22.1 Å². The fourth-order valence-electron chi connectivity index (χ4n) is 2.11. The summed E-state index contributed by atoms with van der Waals surface area (Å²) in [6.07, 6.45) is 0. The molecule has 1 aromatic carbocycles. The number of amides is 1. The van der Waals surface area contributed by atoms with Gasteiger partial charge in [0, 0.05) is 11.6 Å². The molecular formula is C15H24N3O3+. The van der Waals surface area contributed by atoms with Gasteiger partial charge >= 0.3 is 0 Å². The van der Waals surface area contributed by atoms with Gasteiger partial charge < -0.3 is 10.2 Å². The summed E-state index contributed by atoms with van der Waals surface area (Å²) in [6, 6.07) is 6.68. The molecule has 1 atom stereocenters. The number of nitro benzene ring substituents is 1. The summed E-state index contributed by atoms with van der Waals surface area (Å²) in [5, 5.41) is 13.9. The number of nitrogens with one attached hydrogen (secondary N) is 2. The SMILES string of the molecule is CC[NH+](CC(=O)NC(C)(C)C)Cc1ccccc1[N+](=O)[O-]. The Balaban J connectivity index is 2.75. The van der Waals surface area contributed by atoms with Crippen molar-refractivity contribution in [1.29, 1.82) is 0 Å². The van der Waals surface area contributed by atoms with E-state index in [4.69, 9.17) is 0 Å². The molecule has 0 saturated carbocycles. The van der Waals surface area contributed by atoms with E-state index in [2.05, 4.69) is 5.32 Å². The lowest BCUT2D eigenvalue weighted by molar-refractivity contribution is -0.904. The van der Waals surface area contributed by atoms with Gasteiger partial charge in [-0.15, -0.1) is 0 Å². The number of para-hydroxylation sites is 1. The van der Waals surface area contributed by atoms with Crippen molar-refractivity contribution < 1.29 is 14.6 Å². The zero-order valence-electron chi connectivity index (χ0n) is 13.1. The Hall–Kier alpha value is -1.95. The third kappa shape index (κ3) is 5.91. The first kappa shape index (κ1) is 17.1. The summed E-state index contributed by atoms with van der Waals surface area (Å²) >= 11 is 0. The highest BCUT2D eigenvalue weighted by molar-refractivity contribution is 5.77. The number of benzene rings is 1. The van der Waals surface area contributed by atoms with E-state index < -0.39 is 0 Å². The number of carbonyl (C=O) groups excluding carboxylic acids is 1. The van der Waals surface area contributed by atoms with E-state index in [1.54, 1.807) is 18.2 Å². The zero-order chi connectivity index (χ0) is 16.0. The highest BCUT2D eigenvalue weighted by Gasteiger charge is 2.21. The minimum atomic E-state index is -0.377. The molecule has 1 aromatic rings. The second kappa shape index (κ2) is 7.17. The van der Waals surface area contributed by atoms with Crippen LogP contribution in [-0.4, -0.2) is 29.5 Å². The second-order valence-electron chi connectivity index (χ2n) is 6.14. The van der Waals surface area contributed by atoms with Gasteiger partial charge in [-0.3, -0.25) is 14.9 Å². The molecule has 0 saturated heterocycles. The van der Waals surface area contributed by atoms with Gasteiger partial charge in [0.2, 0.25) is 0 Å². The average molecular weight is 294 g/mol. The molecule has 0 aliphatic carbocycles. The van der Waals surface area contributed by atoms with Crippen LogP contribution in [0.15, 0.2) is 24.3 Å². The third-order valence-electron chi connectivity index (χ3n) is 3.05. The Labute approximate surface area is 125 Å². The maximum Gasteiger partial charge on any atom is 0.278 e. The third-order valence-corrected chi connectivity index (χ3v) is 3.05. The van der Waals surface area contributed by atoms with Crippen molar-refractivity contribution in [2.45, 2.75) is 39.8 Å². The van der Waals surface area contributed by atoms with Gasteiger partial charge in [0.25, 0.3) is 11.6 Å². The topological polar surface area (TPSA) is 76.7 Å². The molecule has 6 nitrogen and oxygen atoms in total. The Kier molecular flexibility index (Phi) is 5.84. The van der Waals surface area contributed by atoms with Crippen LogP contribution in [-0.2, 0) is 11.3 Å². The minimum absolute atomic E-state index is 0.0436. The number of carbonyl (C=O) groups is 1. The Morgan fingerprint density at radius 2 is 1.95 bits per heavy atom. The van der Waals surface area contributed by atoms with Crippen LogP contribution in [0.3, 0.4) is 0 Å². The van der Waals surface area contributed by atoms with Crippen LogP contribution in [0.1, 0.15) is 33.3 Å². The summed E-state index contributed by atoms with van der Waals surface area (Å²) in [6.45, 7) is 9.25. The van der Waals surface area contributed by atoms with Crippen molar-refractivity contribution in [1.82, 2.24) is 5.32 Å². The van der Waals surface area contributed by atoms with Crippen LogP contribution in [0, 0.1) is 10.1 Å². The molecule has 0 aromatic heterocycles. The summed E-state index contributed by atoms with van der Waals surface area (Å²) < 4.78 is 0. The van der Waals surface area contributed by atoms with Crippen molar-refractivity contribution in [3.8, 4) is 0 Å². The maximum atomic E-state index is 12.0. The van der Waals surface area contributed by atoms with E-state index in [1.165, 1.54) is 6.07 Å². The first-order chi connectivity index (χ1) is 9.73. The lowest BCUT2D eigenvalue weighted by Gasteiger charge is -2.23. The summed E-state index contributed by atoms with van der Waals surface area (Å²) in [5.74, 6) is -0.0436. The lowest BCUT2D eigenvalue weighted by Crippen LogP contribution is -3.11. The van der Waals surface area contributed by atoms with Crippen LogP contribution in [0.25, 0.3) is 0 Å².